The summed E-state index contributed by atoms with van der Waals surface area (Å²) in [4.78, 5) is 30.2. The van der Waals surface area contributed by atoms with E-state index in [0.29, 0.717) is 51.7 Å². The average molecular weight is 448 g/mol. The number of rotatable bonds is 5. The van der Waals surface area contributed by atoms with Crippen molar-refractivity contribution in [2.75, 3.05) is 39.4 Å². The van der Waals surface area contributed by atoms with Gasteiger partial charge in [0, 0.05) is 32.2 Å². The van der Waals surface area contributed by atoms with Crippen molar-refractivity contribution in [1.82, 2.24) is 20.4 Å². The Labute approximate surface area is 193 Å². The quantitative estimate of drug-likeness (QED) is 0.675. The van der Waals surface area contributed by atoms with E-state index in [1.165, 1.54) is 25.7 Å². The topological polar surface area (TPSA) is 97.7 Å². The third kappa shape index (κ3) is 6.58. The third-order valence-corrected chi connectivity index (χ3v) is 7.11. The molecule has 2 unspecified atom stereocenters. The lowest BCUT2D eigenvalue weighted by Crippen LogP contribution is -2.59. The Morgan fingerprint density at radius 2 is 1.81 bits per heavy atom. The van der Waals surface area contributed by atoms with Crippen molar-refractivity contribution >= 4 is 11.9 Å². The van der Waals surface area contributed by atoms with E-state index in [1.807, 2.05) is 0 Å². The normalized spacial score (nSPS) is 30.4. The lowest BCUT2D eigenvalue weighted by molar-refractivity contribution is -0.125. The van der Waals surface area contributed by atoms with Crippen LogP contribution in [0.4, 0.5) is 4.79 Å². The van der Waals surface area contributed by atoms with E-state index in [9.17, 15) is 14.9 Å². The predicted octanol–water partition coefficient (Wildman–Crippen LogP) is 2.50. The van der Waals surface area contributed by atoms with Gasteiger partial charge in [-0.3, -0.25) is 9.69 Å². The molecule has 3 fully saturated rings. The Morgan fingerprint density at radius 1 is 1.16 bits per heavy atom. The number of likely N-dealkylation sites (tertiary alicyclic amines) is 1. The first-order valence-corrected chi connectivity index (χ1v) is 12.2. The van der Waals surface area contributed by atoms with Gasteiger partial charge in [0.1, 0.15) is 11.6 Å². The number of ether oxygens (including phenoxy) is 1. The van der Waals surface area contributed by atoms with Gasteiger partial charge in [0.25, 0.3) is 0 Å². The fraction of sp³-hybridized carbons (Fsp3) is 0.875. The molecule has 8 nitrogen and oxygen atoms in total. The molecule has 3 amide bonds. The summed E-state index contributed by atoms with van der Waals surface area (Å²) in [6, 6.07) is 1.99. The zero-order valence-corrected chi connectivity index (χ0v) is 20.3. The molecule has 8 heteroatoms. The second kappa shape index (κ2) is 10.4. The highest BCUT2D eigenvalue weighted by atomic mass is 16.5. The van der Waals surface area contributed by atoms with E-state index in [4.69, 9.17) is 4.74 Å². The molecule has 2 N–H and O–H groups in total. The number of hydrogen-bond donors (Lipinski definition) is 2. The van der Waals surface area contributed by atoms with Gasteiger partial charge in [-0.15, -0.1) is 0 Å². The first-order chi connectivity index (χ1) is 15.1. The van der Waals surface area contributed by atoms with Gasteiger partial charge in [-0.25, -0.2) is 4.79 Å². The van der Waals surface area contributed by atoms with Crippen molar-refractivity contribution < 1.29 is 14.3 Å². The smallest absolute Gasteiger partial charge is 0.318 e. The van der Waals surface area contributed by atoms with Crippen molar-refractivity contribution in [1.29, 1.82) is 5.26 Å². The Kier molecular flexibility index (Phi) is 8.05. The van der Waals surface area contributed by atoms with E-state index >= 15 is 0 Å². The molecule has 1 saturated carbocycles. The molecule has 3 rings (SSSR count). The van der Waals surface area contributed by atoms with Crippen LogP contribution < -0.4 is 10.6 Å². The van der Waals surface area contributed by atoms with Crippen molar-refractivity contribution in [3.05, 3.63) is 0 Å². The molecule has 2 saturated heterocycles. The molecule has 180 valence electrons. The van der Waals surface area contributed by atoms with Gasteiger partial charge in [-0.05, 0) is 49.9 Å². The van der Waals surface area contributed by atoms with Crippen molar-refractivity contribution in [3.8, 4) is 6.07 Å². The van der Waals surface area contributed by atoms with E-state index in [1.54, 1.807) is 4.90 Å². The zero-order chi connectivity index (χ0) is 23.4. The second-order valence-corrected chi connectivity index (χ2v) is 11.2. The van der Waals surface area contributed by atoms with Gasteiger partial charge in [0.2, 0.25) is 5.91 Å². The van der Waals surface area contributed by atoms with E-state index in [-0.39, 0.29) is 17.4 Å². The van der Waals surface area contributed by atoms with Crippen LogP contribution in [0.1, 0.15) is 66.2 Å². The molecule has 2 atom stereocenters. The molecule has 32 heavy (non-hydrogen) atoms. The highest BCUT2D eigenvalue weighted by Gasteiger charge is 2.44. The minimum absolute atomic E-state index is 0.152. The molecule has 2 heterocycles. The monoisotopic (exact) mass is 447 g/mol. The lowest BCUT2D eigenvalue weighted by atomic mass is 9.86. The SMILES string of the molecule is CC(C)(C)CC(NC(=O)N1CCOCC1)C(=O)NC1(C#N)CCN([C@H]2CC[C@@H](C)CC2)C1. The molecule has 0 aromatic heterocycles. The van der Waals surface area contributed by atoms with Crippen molar-refractivity contribution in [2.45, 2.75) is 83.8 Å². The van der Waals surface area contributed by atoms with Gasteiger partial charge in [-0.1, -0.05) is 27.7 Å². The molecule has 2 aliphatic heterocycles. The van der Waals surface area contributed by atoms with Crippen LogP contribution >= 0.6 is 0 Å². The van der Waals surface area contributed by atoms with Gasteiger partial charge in [-0.2, -0.15) is 5.26 Å². The van der Waals surface area contributed by atoms with Crippen LogP contribution in [0.25, 0.3) is 0 Å². The molecule has 1 aliphatic carbocycles. The Morgan fingerprint density at radius 3 is 2.41 bits per heavy atom. The maximum atomic E-state index is 13.3. The number of morpholine rings is 1. The van der Waals surface area contributed by atoms with Crippen LogP contribution in [0.15, 0.2) is 0 Å². The number of amides is 3. The second-order valence-electron chi connectivity index (χ2n) is 11.2. The summed E-state index contributed by atoms with van der Waals surface area (Å²) in [5, 5.41) is 16.0. The van der Waals surface area contributed by atoms with Gasteiger partial charge in [0.15, 0.2) is 0 Å². The maximum Gasteiger partial charge on any atom is 0.318 e. The highest BCUT2D eigenvalue weighted by Crippen LogP contribution is 2.32. The summed E-state index contributed by atoms with van der Waals surface area (Å²) >= 11 is 0. The first-order valence-electron chi connectivity index (χ1n) is 12.2. The molecule has 0 spiro atoms. The van der Waals surface area contributed by atoms with Gasteiger partial charge >= 0.3 is 6.03 Å². The van der Waals surface area contributed by atoms with Crippen molar-refractivity contribution in [2.24, 2.45) is 11.3 Å². The summed E-state index contributed by atoms with van der Waals surface area (Å²) in [5.41, 5.74) is -1.04. The van der Waals surface area contributed by atoms with Crippen LogP contribution in [0.2, 0.25) is 0 Å². The standard InChI is InChI=1S/C24H41N5O3/c1-18-5-7-19(8-6-18)29-10-9-24(16-25,17-29)27-21(30)20(15-23(2,3)4)26-22(31)28-11-13-32-14-12-28/h18-20H,5-15,17H2,1-4H3,(H,26,31)(H,27,30)/t18-,19+,20?,24?. The fourth-order valence-electron chi connectivity index (χ4n) is 5.13. The molecular weight excluding hydrogens is 406 g/mol. The summed E-state index contributed by atoms with van der Waals surface area (Å²) in [7, 11) is 0. The van der Waals surface area contributed by atoms with E-state index < -0.39 is 11.6 Å². The minimum Gasteiger partial charge on any atom is -0.378 e. The van der Waals surface area contributed by atoms with Crippen LogP contribution in [-0.4, -0.2) is 78.8 Å². The van der Waals surface area contributed by atoms with E-state index in [2.05, 4.69) is 49.3 Å². The maximum absolute atomic E-state index is 13.3. The third-order valence-electron chi connectivity index (χ3n) is 7.11. The summed E-state index contributed by atoms with van der Waals surface area (Å²) in [6.07, 6.45) is 5.92. The number of urea groups is 1. The Bertz CT molecular complexity index is 701. The number of carbonyl (C=O) groups is 2. The predicted molar refractivity (Wildman–Crippen MR) is 123 cm³/mol. The molecule has 0 aromatic rings. The summed E-state index contributed by atoms with van der Waals surface area (Å²) in [6.45, 7) is 11.9. The van der Waals surface area contributed by atoms with Crippen LogP contribution in [0, 0.1) is 22.7 Å². The Balaban J connectivity index is 1.64. The Hall–Kier alpha value is -1.85. The van der Waals surface area contributed by atoms with E-state index in [0.717, 1.165) is 12.5 Å². The first kappa shape index (κ1) is 24.8. The van der Waals surface area contributed by atoms with Crippen LogP contribution in [-0.2, 0) is 9.53 Å². The van der Waals surface area contributed by atoms with Crippen LogP contribution in [0.3, 0.4) is 0 Å². The largest absolute Gasteiger partial charge is 0.378 e. The number of hydrogen-bond acceptors (Lipinski definition) is 5. The highest BCUT2D eigenvalue weighted by molar-refractivity contribution is 5.88. The molecular formula is C24H41N5O3. The molecule has 0 bridgehead atoms. The van der Waals surface area contributed by atoms with Crippen molar-refractivity contribution in [3.63, 3.8) is 0 Å². The summed E-state index contributed by atoms with van der Waals surface area (Å²) < 4.78 is 5.32. The summed E-state index contributed by atoms with van der Waals surface area (Å²) in [5.74, 6) is 0.518. The molecule has 3 aliphatic rings. The average Bonchev–Trinajstić information content (AvgIpc) is 3.18. The zero-order valence-electron chi connectivity index (χ0n) is 20.3. The lowest BCUT2D eigenvalue weighted by Gasteiger charge is -2.35. The minimum atomic E-state index is -0.889. The van der Waals surface area contributed by atoms with Gasteiger partial charge < -0.3 is 20.3 Å². The van der Waals surface area contributed by atoms with Crippen LogP contribution in [0.5, 0.6) is 0 Å². The number of nitrogens with zero attached hydrogens (tertiary/aromatic N) is 3. The van der Waals surface area contributed by atoms with Gasteiger partial charge in [0.05, 0.1) is 19.3 Å². The number of nitriles is 1. The number of nitrogens with one attached hydrogen (secondary N) is 2. The molecule has 0 radical (unpaired) electrons. The fourth-order valence-corrected chi connectivity index (χ4v) is 5.13. The number of carbonyl (C=O) groups excluding carboxylic acids is 2. The molecule has 0 aromatic carbocycles.